The monoisotopic (exact) mass is 164 g/mol. The highest BCUT2D eigenvalue weighted by Crippen LogP contribution is 2.31. The highest BCUT2D eigenvalue weighted by molar-refractivity contribution is 5.95. The van der Waals surface area contributed by atoms with Crippen molar-refractivity contribution in [3.05, 3.63) is 24.8 Å². The van der Waals surface area contributed by atoms with Gasteiger partial charge < -0.3 is 0 Å². The topological polar surface area (TPSA) is 34.1 Å². The first-order valence-electron chi connectivity index (χ1n) is 3.97. The lowest BCUT2D eigenvalue weighted by molar-refractivity contribution is -0.123. The number of carbonyl (C=O) groups excluding carboxylic acids is 2. The van der Waals surface area contributed by atoms with Crippen molar-refractivity contribution in [1.82, 2.24) is 0 Å². The fourth-order valence-corrected chi connectivity index (χ4v) is 1.35. The van der Waals surface area contributed by atoms with Crippen LogP contribution in [0.1, 0.15) is 19.8 Å². The van der Waals surface area contributed by atoms with Crippen LogP contribution in [-0.2, 0) is 9.59 Å². The summed E-state index contributed by atoms with van der Waals surface area (Å²) in [6, 6.07) is 0. The van der Waals surface area contributed by atoms with Crippen molar-refractivity contribution in [3.8, 4) is 0 Å². The number of hydrogen-bond acceptors (Lipinski definition) is 2. The van der Waals surface area contributed by atoms with Crippen molar-refractivity contribution in [2.75, 3.05) is 0 Å². The first-order valence-corrected chi connectivity index (χ1v) is 3.97. The summed E-state index contributed by atoms with van der Waals surface area (Å²) in [4.78, 5) is 22.1. The zero-order valence-electron chi connectivity index (χ0n) is 7.17. The first-order chi connectivity index (χ1) is 5.60. The Hall–Kier alpha value is -1.18. The molecule has 0 spiro atoms. The van der Waals surface area contributed by atoms with E-state index in [1.54, 1.807) is 12.2 Å². The van der Waals surface area contributed by atoms with E-state index in [9.17, 15) is 9.59 Å². The molecule has 1 rings (SSSR count). The van der Waals surface area contributed by atoms with Crippen LogP contribution in [0.25, 0.3) is 0 Å². The summed E-state index contributed by atoms with van der Waals surface area (Å²) in [5.74, 6) is 0.148. The molecule has 2 nitrogen and oxygen atoms in total. The van der Waals surface area contributed by atoms with Gasteiger partial charge in [0.15, 0.2) is 5.78 Å². The van der Waals surface area contributed by atoms with Crippen molar-refractivity contribution >= 4 is 11.6 Å². The summed E-state index contributed by atoms with van der Waals surface area (Å²) in [6.45, 7) is 5.15. The van der Waals surface area contributed by atoms with Gasteiger partial charge in [-0.15, -0.1) is 6.58 Å². The van der Waals surface area contributed by atoms with Crippen molar-refractivity contribution < 1.29 is 9.59 Å². The molecule has 0 aromatic rings. The van der Waals surface area contributed by atoms with Gasteiger partial charge in [0.1, 0.15) is 5.78 Å². The quantitative estimate of drug-likeness (QED) is 0.582. The maximum Gasteiger partial charge on any atom is 0.155 e. The SMILES string of the molecule is C=CC1(C(C)=O)C=CC(=O)CC1. The Morgan fingerprint density at radius 2 is 2.42 bits per heavy atom. The standard InChI is InChI=1S/C10H12O2/c1-3-10(8(2)11)6-4-9(12)5-7-10/h3-4,6H,1,5,7H2,2H3. The van der Waals surface area contributed by atoms with E-state index in [2.05, 4.69) is 6.58 Å². The minimum Gasteiger partial charge on any atom is -0.299 e. The Kier molecular flexibility index (Phi) is 2.27. The predicted molar refractivity (Wildman–Crippen MR) is 46.7 cm³/mol. The average Bonchev–Trinajstić information content (AvgIpc) is 2.06. The van der Waals surface area contributed by atoms with Crippen molar-refractivity contribution in [2.24, 2.45) is 5.41 Å². The molecular weight excluding hydrogens is 152 g/mol. The van der Waals surface area contributed by atoms with E-state index < -0.39 is 5.41 Å². The number of hydrogen-bond donors (Lipinski definition) is 0. The predicted octanol–water partition coefficient (Wildman–Crippen LogP) is 1.67. The number of Topliss-reactive ketones (excluding diaryl/α,β-unsaturated/α-hetero) is 1. The molecule has 0 saturated carbocycles. The molecule has 1 atom stereocenters. The van der Waals surface area contributed by atoms with Crippen LogP contribution in [0.2, 0.25) is 0 Å². The Balaban J connectivity index is 2.97. The molecule has 1 unspecified atom stereocenters. The lowest BCUT2D eigenvalue weighted by Crippen LogP contribution is -2.28. The molecule has 0 fully saturated rings. The molecule has 0 aromatic carbocycles. The first kappa shape index (κ1) is 8.91. The lowest BCUT2D eigenvalue weighted by atomic mass is 9.76. The molecule has 0 radical (unpaired) electrons. The molecule has 0 bridgehead atoms. The van der Waals surface area contributed by atoms with E-state index in [0.717, 1.165) is 0 Å². The van der Waals surface area contributed by atoms with Gasteiger partial charge in [-0.3, -0.25) is 9.59 Å². The second-order valence-electron chi connectivity index (χ2n) is 3.10. The Morgan fingerprint density at radius 1 is 1.75 bits per heavy atom. The molecule has 0 N–H and O–H groups in total. The fraction of sp³-hybridized carbons (Fsp3) is 0.400. The largest absolute Gasteiger partial charge is 0.299 e. The van der Waals surface area contributed by atoms with Gasteiger partial charge in [-0.25, -0.2) is 0 Å². The minimum atomic E-state index is -0.575. The van der Waals surface area contributed by atoms with Crippen molar-refractivity contribution in [3.63, 3.8) is 0 Å². The maximum absolute atomic E-state index is 11.2. The summed E-state index contributed by atoms with van der Waals surface area (Å²) in [6.07, 6.45) is 5.78. The van der Waals surface area contributed by atoms with Crippen LogP contribution in [0.5, 0.6) is 0 Å². The van der Waals surface area contributed by atoms with Gasteiger partial charge in [-0.05, 0) is 19.4 Å². The minimum absolute atomic E-state index is 0.0567. The van der Waals surface area contributed by atoms with Crippen molar-refractivity contribution in [1.29, 1.82) is 0 Å². The zero-order chi connectivity index (χ0) is 9.19. The lowest BCUT2D eigenvalue weighted by Gasteiger charge is -2.25. The van der Waals surface area contributed by atoms with Crippen LogP contribution in [-0.4, -0.2) is 11.6 Å². The molecule has 0 heterocycles. The molecule has 12 heavy (non-hydrogen) atoms. The van der Waals surface area contributed by atoms with E-state index in [0.29, 0.717) is 12.8 Å². The van der Waals surface area contributed by atoms with Gasteiger partial charge in [0.25, 0.3) is 0 Å². The van der Waals surface area contributed by atoms with E-state index in [1.807, 2.05) is 0 Å². The molecule has 1 aliphatic carbocycles. The summed E-state index contributed by atoms with van der Waals surface area (Å²) in [5.41, 5.74) is -0.575. The molecule has 2 heteroatoms. The average molecular weight is 164 g/mol. The molecular formula is C10H12O2. The third-order valence-electron chi connectivity index (χ3n) is 2.37. The van der Waals surface area contributed by atoms with E-state index >= 15 is 0 Å². The number of ketones is 2. The van der Waals surface area contributed by atoms with Crippen LogP contribution >= 0.6 is 0 Å². The van der Waals surface area contributed by atoms with Gasteiger partial charge in [0.05, 0.1) is 5.41 Å². The van der Waals surface area contributed by atoms with Gasteiger partial charge in [-0.1, -0.05) is 12.2 Å². The Morgan fingerprint density at radius 3 is 2.75 bits per heavy atom. The van der Waals surface area contributed by atoms with Crippen LogP contribution in [0.15, 0.2) is 24.8 Å². The fourth-order valence-electron chi connectivity index (χ4n) is 1.35. The maximum atomic E-state index is 11.2. The third kappa shape index (κ3) is 1.37. The molecule has 64 valence electrons. The Labute approximate surface area is 72.0 Å². The normalized spacial score (nSPS) is 28.6. The van der Waals surface area contributed by atoms with Crippen molar-refractivity contribution in [2.45, 2.75) is 19.8 Å². The second-order valence-corrected chi connectivity index (χ2v) is 3.10. The second kappa shape index (κ2) is 3.05. The zero-order valence-corrected chi connectivity index (χ0v) is 7.17. The highest BCUT2D eigenvalue weighted by Gasteiger charge is 2.31. The van der Waals surface area contributed by atoms with Gasteiger partial charge in [0, 0.05) is 6.42 Å². The van der Waals surface area contributed by atoms with Gasteiger partial charge in [-0.2, -0.15) is 0 Å². The number of allylic oxidation sites excluding steroid dienone is 3. The van der Waals surface area contributed by atoms with Crippen LogP contribution in [0.3, 0.4) is 0 Å². The molecule has 1 aliphatic rings. The number of rotatable bonds is 2. The summed E-state index contributed by atoms with van der Waals surface area (Å²) < 4.78 is 0. The van der Waals surface area contributed by atoms with E-state index in [1.165, 1.54) is 13.0 Å². The molecule has 0 aliphatic heterocycles. The molecule has 0 saturated heterocycles. The third-order valence-corrected chi connectivity index (χ3v) is 2.37. The van der Waals surface area contributed by atoms with Crippen LogP contribution in [0, 0.1) is 5.41 Å². The van der Waals surface area contributed by atoms with Gasteiger partial charge in [0.2, 0.25) is 0 Å². The van der Waals surface area contributed by atoms with Gasteiger partial charge >= 0.3 is 0 Å². The smallest absolute Gasteiger partial charge is 0.155 e. The number of carbonyl (C=O) groups is 2. The summed E-state index contributed by atoms with van der Waals surface area (Å²) in [5, 5.41) is 0. The summed E-state index contributed by atoms with van der Waals surface area (Å²) in [7, 11) is 0. The highest BCUT2D eigenvalue weighted by atomic mass is 16.1. The van der Waals surface area contributed by atoms with Crippen LogP contribution < -0.4 is 0 Å². The van der Waals surface area contributed by atoms with Crippen LogP contribution in [0.4, 0.5) is 0 Å². The van der Waals surface area contributed by atoms with E-state index in [-0.39, 0.29) is 11.6 Å². The van der Waals surface area contributed by atoms with E-state index in [4.69, 9.17) is 0 Å². The molecule has 0 amide bonds. The Bertz CT molecular complexity index is 263. The summed E-state index contributed by atoms with van der Waals surface area (Å²) >= 11 is 0. The molecule has 0 aromatic heterocycles.